The van der Waals surface area contributed by atoms with Crippen molar-refractivity contribution in [2.24, 2.45) is 0 Å². The third-order valence-electron chi connectivity index (χ3n) is 3.52. The molecule has 0 aliphatic carbocycles. The number of carboxylic acid groups (broad SMARTS) is 1. The Morgan fingerprint density at radius 2 is 1.90 bits per heavy atom. The molecule has 20 heavy (non-hydrogen) atoms. The van der Waals surface area contributed by atoms with Gasteiger partial charge in [0.1, 0.15) is 0 Å². The van der Waals surface area contributed by atoms with Crippen molar-refractivity contribution in [1.29, 1.82) is 0 Å². The molecule has 5 heteroatoms. The highest BCUT2D eigenvalue weighted by Gasteiger charge is 2.29. The van der Waals surface area contributed by atoms with Crippen LogP contribution < -0.4 is 0 Å². The van der Waals surface area contributed by atoms with Gasteiger partial charge in [0.05, 0.1) is 0 Å². The summed E-state index contributed by atoms with van der Waals surface area (Å²) in [6, 6.07) is 10.3. The molecule has 110 valence electrons. The Labute approximate surface area is 119 Å². The van der Waals surface area contributed by atoms with Crippen LogP contribution in [0, 0.1) is 0 Å². The predicted octanol–water partition coefficient (Wildman–Crippen LogP) is 1.25. The molecule has 1 aromatic carbocycles. The van der Waals surface area contributed by atoms with Crippen LogP contribution in [0.1, 0.15) is 12.5 Å². The summed E-state index contributed by atoms with van der Waals surface area (Å²) in [6.07, 6.45) is -0.807. The lowest BCUT2D eigenvalue weighted by atomic mass is 10.2. The van der Waals surface area contributed by atoms with Gasteiger partial charge in [0.25, 0.3) is 0 Å². The second-order valence-corrected chi connectivity index (χ2v) is 4.94. The molecule has 1 fully saturated rings. The number of ether oxygens (including phenoxy) is 1. The molecular formula is C15H22N2O3. The molecule has 1 saturated heterocycles. The van der Waals surface area contributed by atoms with E-state index >= 15 is 0 Å². The molecule has 0 aromatic heterocycles. The number of rotatable bonds is 6. The Kier molecular flexibility index (Phi) is 5.52. The summed E-state index contributed by atoms with van der Waals surface area (Å²) in [5.41, 5.74) is 1.29. The van der Waals surface area contributed by atoms with Crippen LogP contribution in [0.2, 0.25) is 0 Å². The zero-order valence-electron chi connectivity index (χ0n) is 11.9. The number of carbonyl (C=O) groups is 1. The van der Waals surface area contributed by atoms with E-state index in [9.17, 15) is 9.90 Å². The fraction of sp³-hybridized carbons (Fsp3) is 0.533. The van der Waals surface area contributed by atoms with E-state index in [0.717, 1.165) is 32.7 Å². The van der Waals surface area contributed by atoms with Gasteiger partial charge in [0.15, 0.2) is 0 Å². The maximum Gasteiger partial charge on any atom is 0.348 e. The van der Waals surface area contributed by atoms with E-state index in [-0.39, 0.29) is 0 Å². The normalized spacial score (nSPS) is 18.9. The average molecular weight is 278 g/mol. The number of nitrogens with zero attached hydrogens (tertiary/aromatic N) is 2. The number of carboxylic acids is 1. The van der Waals surface area contributed by atoms with Crippen molar-refractivity contribution in [3.8, 4) is 0 Å². The molecule has 2 rings (SSSR count). The SMILES string of the molecule is CCOC(C(=O)O)N1CCN(Cc2ccccc2)CC1. The maximum absolute atomic E-state index is 11.2. The Morgan fingerprint density at radius 1 is 1.25 bits per heavy atom. The van der Waals surface area contributed by atoms with E-state index in [1.165, 1.54) is 5.56 Å². The van der Waals surface area contributed by atoms with Crippen LogP contribution in [0.15, 0.2) is 30.3 Å². The molecule has 1 heterocycles. The first-order valence-corrected chi connectivity index (χ1v) is 7.05. The Hall–Kier alpha value is -1.43. The van der Waals surface area contributed by atoms with Crippen LogP contribution in [0.4, 0.5) is 0 Å². The summed E-state index contributed by atoms with van der Waals surface area (Å²) in [4.78, 5) is 15.4. The third kappa shape index (κ3) is 4.03. The van der Waals surface area contributed by atoms with Crippen molar-refractivity contribution in [3.63, 3.8) is 0 Å². The van der Waals surface area contributed by atoms with Gasteiger partial charge in [-0.2, -0.15) is 0 Å². The van der Waals surface area contributed by atoms with Gasteiger partial charge in [0, 0.05) is 39.3 Å². The Morgan fingerprint density at radius 3 is 2.45 bits per heavy atom. The minimum absolute atomic E-state index is 0.418. The molecule has 0 spiro atoms. The van der Waals surface area contributed by atoms with E-state index in [0.29, 0.717) is 6.61 Å². The fourth-order valence-corrected chi connectivity index (χ4v) is 2.49. The van der Waals surface area contributed by atoms with Gasteiger partial charge in [-0.15, -0.1) is 0 Å². The van der Waals surface area contributed by atoms with Crippen molar-refractivity contribution in [3.05, 3.63) is 35.9 Å². The number of benzene rings is 1. The molecule has 0 bridgehead atoms. The summed E-state index contributed by atoms with van der Waals surface area (Å²) in [6.45, 7) is 6.34. The predicted molar refractivity (Wildman–Crippen MR) is 76.3 cm³/mol. The quantitative estimate of drug-likeness (QED) is 0.849. The highest BCUT2D eigenvalue weighted by atomic mass is 16.5. The Balaban J connectivity index is 1.84. The molecule has 1 aliphatic rings. The fourth-order valence-electron chi connectivity index (χ4n) is 2.49. The van der Waals surface area contributed by atoms with Crippen molar-refractivity contribution in [2.75, 3.05) is 32.8 Å². The third-order valence-corrected chi connectivity index (χ3v) is 3.52. The lowest BCUT2D eigenvalue weighted by Gasteiger charge is -2.37. The van der Waals surface area contributed by atoms with Gasteiger partial charge >= 0.3 is 5.97 Å². The van der Waals surface area contributed by atoms with Gasteiger partial charge in [0.2, 0.25) is 6.23 Å². The zero-order valence-corrected chi connectivity index (χ0v) is 11.9. The number of piperazine rings is 1. The number of hydrogen-bond donors (Lipinski definition) is 1. The van der Waals surface area contributed by atoms with Gasteiger partial charge < -0.3 is 9.84 Å². The molecule has 0 saturated carbocycles. The van der Waals surface area contributed by atoms with Gasteiger partial charge in [-0.3, -0.25) is 9.80 Å². The standard InChI is InChI=1S/C15H22N2O3/c1-2-20-14(15(18)19)17-10-8-16(9-11-17)12-13-6-4-3-5-7-13/h3-7,14H,2,8-12H2,1H3,(H,18,19). The van der Waals surface area contributed by atoms with Gasteiger partial charge in [-0.1, -0.05) is 30.3 Å². The highest BCUT2D eigenvalue weighted by Crippen LogP contribution is 2.11. The van der Waals surface area contributed by atoms with E-state index in [1.807, 2.05) is 30.0 Å². The molecule has 1 atom stereocenters. The lowest BCUT2D eigenvalue weighted by molar-refractivity contribution is -0.166. The smallest absolute Gasteiger partial charge is 0.348 e. The minimum Gasteiger partial charge on any atom is -0.478 e. The minimum atomic E-state index is -0.900. The van der Waals surface area contributed by atoms with Crippen molar-refractivity contribution >= 4 is 5.97 Å². The van der Waals surface area contributed by atoms with E-state index in [1.54, 1.807) is 0 Å². The average Bonchev–Trinajstić information content (AvgIpc) is 2.47. The van der Waals surface area contributed by atoms with Crippen LogP contribution in [0.3, 0.4) is 0 Å². The van der Waals surface area contributed by atoms with Crippen molar-refractivity contribution in [1.82, 2.24) is 9.80 Å². The van der Waals surface area contributed by atoms with Crippen LogP contribution >= 0.6 is 0 Å². The largest absolute Gasteiger partial charge is 0.478 e. The molecule has 1 N–H and O–H groups in total. The molecule has 0 radical (unpaired) electrons. The van der Waals surface area contributed by atoms with Crippen molar-refractivity contribution in [2.45, 2.75) is 19.7 Å². The van der Waals surface area contributed by atoms with E-state index in [4.69, 9.17) is 4.74 Å². The maximum atomic E-state index is 11.2. The van der Waals surface area contributed by atoms with E-state index < -0.39 is 12.2 Å². The molecule has 0 amide bonds. The molecular weight excluding hydrogens is 256 g/mol. The van der Waals surface area contributed by atoms with E-state index in [2.05, 4.69) is 17.0 Å². The topological polar surface area (TPSA) is 53.0 Å². The Bertz CT molecular complexity index is 416. The van der Waals surface area contributed by atoms with Crippen LogP contribution in [0.5, 0.6) is 0 Å². The summed E-state index contributed by atoms with van der Waals surface area (Å²) >= 11 is 0. The second kappa shape index (κ2) is 7.38. The summed E-state index contributed by atoms with van der Waals surface area (Å²) in [5.74, 6) is -0.900. The van der Waals surface area contributed by atoms with Crippen LogP contribution in [-0.2, 0) is 16.1 Å². The van der Waals surface area contributed by atoms with Crippen molar-refractivity contribution < 1.29 is 14.6 Å². The van der Waals surface area contributed by atoms with Crippen LogP contribution in [-0.4, -0.2) is 59.9 Å². The number of aliphatic carboxylic acids is 1. The summed E-state index contributed by atoms with van der Waals surface area (Å²) in [5, 5.41) is 9.18. The first kappa shape index (κ1) is 15.0. The molecule has 5 nitrogen and oxygen atoms in total. The molecule has 1 aliphatic heterocycles. The molecule has 1 aromatic rings. The first-order chi connectivity index (χ1) is 9.70. The van der Waals surface area contributed by atoms with Crippen LogP contribution in [0.25, 0.3) is 0 Å². The summed E-state index contributed by atoms with van der Waals surface area (Å²) in [7, 11) is 0. The summed E-state index contributed by atoms with van der Waals surface area (Å²) < 4.78 is 5.30. The molecule has 1 unspecified atom stereocenters. The zero-order chi connectivity index (χ0) is 14.4. The highest BCUT2D eigenvalue weighted by molar-refractivity contribution is 5.71. The second-order valence-electron chi connectivity index (χ2n) is 4.94. The van der Waals surface area contributed by atoms with Gasteiger partial charge in [-0.25, -0.2) is 4.79 Å². The first-order valence-electron chi connectivity index (χ1n) is 7.05. The monoisotopic (exact) mass is 278 g/mol. The lowest BCUT2D eigenvalue weighted by Crippen LogP contribution is -2.53. The van der Waals surface area contributed by atoms with Gasteiger partial charge in [-0.05, 0) is 12.5 Å². The number of hydrogen-bond acceptors (Lipinski definition) is 4.